The van der Waals surface area contributed by atoms with Crippen LogP contribution in [0.15, 0.2) is 109 Å². The molecular formula is C37H45N3O2. The fourth-order valence-electron chi connectivity index (χ4n) is 5.70. The molecule has 0 radical (unpaired) electrons. The molecule has 0 amide bonds. The van der Waals surface area contributed by atoms with E-state index in [9.17, 15) is 0 Å². The van der Waals surface area contributed by atoms with Crippen molar-refractivity contribution in [3.05, 3.63) is 131 Å². The Morgan fingerprint density at radius 2 is 1.26 bits per heavy atom. The van der Waals surface area contributed by atoms with Crippen LogP contribution in [0.4, 0.5) is 0 Å². The highest BCUT2D eigenvalue weighted by molar-refractivity contribution is 5.43. The first-order valence-corrected chi connectivity index (χ1v) is 15.4. The number of likely N-dealkylation sites (N-methyl/N-ethyl adjacent to an activating group) is 1. The van der Waals surface area contributed by atoms with Crippen LogP contribution in [0, 0.1) is 0 Å². The molecule has 1 saturated heterocycles. The van der Waals surface area contributed by atoms with Gasteiger partial charge in [-0.2, -0.15) is 0 Å². The number of piperazine rings is 1. The van der Waals surface area contributed by atoms with Gasteiger partial charge in [0.2, 0.25) is 0 Å². The average Bonchev–Trinajstić information content (AvgIpc) is 3.05. The lowest BCUT2D eigenvalue weighted by Gasteiger charge is -2.42. The highest BCUT2D eigenvalue weighted by Crippen LogP contribution is 2.32. The van der Waals surface area contributed by atoms with Crippen molar-refractivity contribution in [2.45, 2.75) is 39.6 Å². The zero-order chi connectivity index (χ0) is 29.0. The van der Waals surface area contributed by atoms with Gasteiger partial charge in [-0.15, -0.1) is 0 Å². The highest BCUT2D eigenvalue weighted by Gasteiger charge is 2.28. The Hall–Kier alpha value is -3.64. The maximum atomic E-state index is 6.37. The van der Waals surface area contributed by atoms with Gasteiger partial charge in [0.1, 0.15) is 13.2 Å². The van der Waals surface area contributed by atoms with Crippen molar-refractivity contribution < 1.29 is 9.47 Å². The van der Waals surface area contributed by atoms with Crippen molar-refractivity contribution >= 4 is 0 Å². The number of nitrogens with zero attached hydrogens (tertiary/aromatic N) is 3. The first-order chi connectivity index (χ1) is 20.7. The van der Waals surface area contributed by atoms with Crippen molar-refractivity contribution in [1.82, 2.24) is 14.7 Å². The van der Waals surface area contributed by atoms with Gasteiger partial charge in [0.15, 0.2) is 11.5 Å². The molecule has 1 fully saturated rings. The number of ether oxygens (including phenoxy) is 2. The lowest BCUT2D eigenvalue weighted by atomic mass is 10.0. The monoisotopic (exact) mass is 563 g/mol. The second kappa shape index (κ2) is 15.5. The van der Waals surface area contributed by atoms with E-state index in [4.69, 9.17) is 9.47 Å². The van der Waals surface area contributed by atoms with Crippen molar-refractivity contribution in [3.63, 3.8) is 0 Å². The summed E-state index contributed by atoms with van der Waals surface area (Å²) in [6.07, 6.45) is 0. The third kappa shape index (κ3) is 8.45. The molecule has 220 valence electrons. The normalized spacial score (nSPS) is 16.0. The highest BCUT2D eigenvalue weighted by atomic mass is 16.5. The van der Waals surface area contributed by atoms with Crippen molar-refractivity contribution in [3.8, 4) is 11.5 Å². The molecule has 4 aromatic rings. The van der Waals surface area contributed by atoms with Crippen LogP contribution in [0.1, 0.15) is 42.1 Å². The van der Waals surface area contributed by atoms with Crippen LogP contribution < -0.4 is 9.47 Å². The molecule has 5 heteroatoms. The molecule has 0 aliphatic carbocycles. The number of hydrogen-bond donors (Lipinski definition) is 0. The molecule has 0 N–H and O–H groups in total. The van der Waals surface area contributed by atoms with Crippen molar-refractivity contribution in [2.75, 3.05) is 45.8 Å². The lowest BCUT2D eigenvalue weighted by Crippen LogP contribution is -2.50. The predicted molar refractivity (Wildman–Crippen MR) is 172 cm³/mol. The topological polar surface area (TPSA) is 28.2 Å². The van der Waals surface area contributed by atoms with Gasteiger partial charge in [0, 0.05) is 45.3 Å². The van der Waals surface area contributed by atoms with E-state index in [1.165, 1.54) is 11.1 Å². The summed E-state index contributed by atoms with van der Waals surface area (Å²) in [6, 6.07) is 38.5. The molecule has 0 spiro atoms. The second-order valence-corrected chi connectivity index (χ2v) is 11.1. The standard InChI is InChI=1S/C37H45N3O2/c1-3-38(4-2)22-24-40-25-23-39(28-35(40)34-18-12-7-13-19-34)27-33-20-21-36(41-29-31-14-8-5-9-15-31)37(26-33)42-30-32-16-10-6-11-17-32/h5-21,26,35H,3-4,22-25,27-30H2,1-2H3. The van der Waals surface area contributed by atoms with E-state index < -0.39 is 0 Å². The molecule has 1 aliphatic heterocycles. The molecule has 1 heterocycles. The summed E-state index contributed by atoms with van der Waals surface area (Å²) < 4.78 is 12.6. The summed E-state index contributed by atoms with van der Waals surface area (Å²) in [4.78, 5) is 7.79. The van der Waals surface area contributed by atoms with E-state index in [1.54, 1.807) is 0 Å². The zero-order valence-corrected chi connectivity index (χ0v) is 25.2. The van der Waals surface area contributed by atoms with E-state index in [-0.39, 0.29) is 0 Å². The molecule has 1 atom stereocenters. The Balaban J connectivity index is 1.29. The van der Waals surface area contributed by atoms with Gasteiger partial charge in [-0.3, -0.25) is 9.80 Å². The van der Waals surface area contributed by atoms with Gasteiger partial charge >= 0.3 is 0 Å². The van der Waals surface area contributed by atoms with Gasteiger partial charge in [0.05, 0.1) is 0 Å². The van der Waals surface area contributed by atoms with E-state index in [1.807, 2.05) is 36.4 Å². The molecule has 0 saturated carbocycles. The zero-order valence-electron chi connectivity index (χ0n) is 25.2. The summed E-state index contributed by atoms with van der Waals surface area (Å²) in [6.45, 7) is 14.0. The third-order valence-electron chi connectivity index (χ3n) is 8.25. The molecule has 5 rings (SSSR count). The molecule has 0 bridgehead atoms. The number of hydrogen-bond acceptors (Lipinski definition) is 5. The number of benzene rings is 4. The Labute approximate surface area is 252 Å². The average molecular weight is 564 g/mol. The van der Waals surface area contributed by atoms with Crippen LogP contribution in [-0.4, -0.2) is 60.5 Å². The molecule has 1 unspecified atom stereocenters. The fraction of sp³-hybridized carbons (Fsp3) is 0.351. The van der Waals surface area contributed by atoms with E-state index >= 15 is 0 Å². The summed E-state index contributed by atoms with van der Waals surface area (Å²) in [7, 11) is 0. The van der Waals surface area contributed by atoms with Crippen LogP contribution in [0.25, 0.3) is 0 Å². The Morgan fingerprint density at radius 3 is 1.88 bits per heavy atom. The molecule has 1 aliphatic rings. The summed E-state index contributed by atoms with van der Waals surface area (Å²) >= 11 is 0. The minimum absolute atomic E-state index is 0.387. The Bertz CT molecular complexity index is 1330. The van der Waals surface area contributed by atoms with Crippen molar-refractivity contribution in [1.29, 1.82) is 0 Å². The SMILES string of the molecule is CCN(CC)CCN1CCN(Cc2ccc(OCc3ccccc3)c(OCc3ccccc3)c2)CC1c1ccccc1. The molecule has 42 heavy (non-hydrogen) atoms. The van der Waals surface area contributed by atoms with E-state index in [0.29, 0.717) is 19.3 Å². The Morgan fingerprint density at radius 1 is 0.667 bits per heavy atom. The second-order valence-electron chi connectivity index (χ2n) is 11.1. The fourth-order valence-corrected chi connectivity index (χ4v) is 5.70. The number of rotatable bonds is 14. The minimum Gasteiger partial charge on any atom is -0.485 e. The summed E-state index contributed by atoms with van der Waals surface area (Å²) in [5, 5.41) is 0. The molecule has 0 aromatic heterocycles. The van der Waals surface area contributed by atoms with E-state index in [0.717, 1.165) is 75.0 Å². The predicted octanol–water partition coefficient (Wildman–Crippen LogP) is 7.05. The van der Waals surface area contributed by atoms with Crippen LogP contribution in [0.3, 0.4) is 0 Å². The minimum atomic E-state index is 0.387. The lowest BCUT2D eigenvalue weighted by molar-refractivity contribution is 0.0614. The van der Waals surface area contributed by atoms with Gasteiger partial charge < -0.3 is 14.4 Å². The first kappa shape index (κ1) is 29.8. The smallest absolute Gasteiger partial charge is 0.162 e. The van der Waals surface area contributed by atoms with Crippen molar-refractivity contribution in [2.24, 2.45) is 0 Å². The Kier molecular flexibility index (Phi) is 11.0. The van der Waals surface area contributed by atoms with E-state index in [2.05, 4.69) is 101 Å². The van der Waals surface area contributed by atoms with Gasteiger partial charge in [0.25, 0.3) is 0 Å². The van der Waals surface area contributed by atoms with Gasteiger partial charge in [-0.05, 0) is 47.5 Å². The van der Waals surface area contributed by atoms with Crippen LogP contribution in [0.2, 0.25) is 0 Å². The quantitative estimate of drug-likeness (QED) is 0.164. The van der Waals surface area contributed by atoms with Gasteiger partial charge in [-0.1, -0.05) is 111 Å². The van der Waals surface area contributed by atoms with Crippen LogP contribution in [0.5, 0.6) is 11.5 Å². The largest absolute Gasteiger partial charge is 0.485 e. The summed E-state index contributed by atoms with van der Waals surface area (Å²) in [5.74, 6) is 1.58. The van der Waals surface area contributed by atoms with Gasteiger partial charge in [-0.25, -0.2) is 0 Å². The summed E-state index contributed by atoms with van der Waals surface area (Å²) in [5.41, 5.74) is 4.93. The molecule has 5 nitrogen and oxygen atoms in total. The van der Waals surface area contributed by atoms with Crippen LogP contribution in [-0.2, 0) is 19.8 Å². The maximum absolute atomic E-state index is 6.37. The molecular weight excluding hydrogens is 518 g/mol. The maximum Gasteiger partial charge on any atom is 0.162 e. The third-order valence-corrected chi connectivity index (χ3v) is 8.25. The molecule has 4 aromatic carbocycles. The first-order valence-electron chi connectivity index (χ1n) is 15.4. The van der Waals surface area contributed by atoms with Crippen LogP contribution >= 0.6 is 0 Å².